The van der Waals surface area contributed by atoms with Crippen molar-refractivity contribution in [3.8, 4) is 5.75 Å². The van der Waals surface area contributed by atoms with Gasteiger partial charge in [-0.2, -0.15) is 11.8 Å². The van der Waals surface area contributed by atoms with E-state index in [0.29, 0.717) is 13.0 Å². The molecule has 0 aliphatic carbocycles. The van der Waals surface area contributed by atoms with Crippen LogP contribution in [0.2, 0.25) is 0 Å². The molecule has 1 rings (SSSR count). The van der Waals surface area contributed by atoms with Gasteiger partial charge < -0.3 is 15.8 Å². The Morgan fingerprint density at radius 3 is 2.89 bits per heavy atom. The van der Waals surface area contributed by atoms with Crippen molar-refractivity contribution in [2.45, 2.75) is 18.9 Å². The smallest absolute Gasteiger partial charge is 0.236 e. The Balaban J connectivity index is 2.35. The molecule has 4 nitrogen and oxygen atoms in total. The molecule has 0 radical (unpaired) electrons. The molecule has 0 heterocycles. The first-order valence-electron chi connectivity index (χ1n) is 6.33. The van der Waals surface area contributed by atoms with Crippen LogP contribution in [0.3, 0.4) is 0 Å². The van der Waals surface area contributed by atoms with Crippen LogP contribution >= 0.6 is 11.8 Å². The van der Waals surface area contributed by atoms with Gasteiger partial charge in [0.25, 0.3) is 0 Å². The Kier molecular flexibility index (Phi) is 7.36. The van der Waals surface area contributed by atoms with Crippen molar-refractivity contribution in [3.05, 3.63) is 29.8 Å². The summed E-state index contributed by atoms with van der Waals surface area (Å²) >= 11 is 1.70. The molecule has 0 spiro atoms. The number of ether oxygens (including phenoxy) is 1. The van der Waals surface area contributed by atoms with Gasteiger partial charge in [0.15, 0.2) is 0 Å². The zero-order valence-corrected chi connectivity index (χ0v) is 12.3. The lowest BCUT2D eigenvalue weighted by Crippen LogP contribution is -2.41. The molecular formula is C14H22N2O2S. The molecule has 1 aromatic rings. The number of carbonyl (C=O) groups excluding carboxylic acids is 1. The number of amides is 1. The normalized spacial score (nSPS) is 11.9. The molecule has 0 aromatic heterocycles. The standard InChI is InChI=1S/C14H22N2O2S/c1-18-13-6-4-3-5-11(13)7-9-16-14(17)12(15)8-10-19-2/h3-6,12H,7-10,15H2,1-2H3,(H,16,17)/t12-/m0/s1. The maximum atomic E-state index is 11.7. The van der Waals surface area contributed by atoms with E-state index in [9.17, 15) is 4.79 Å². The van der Waals surface area contributed by atoms with Crippen LogP contribution in [0, 0.1) is 0 Å². The Morgan fingerprint density at radius 1 is 1.47 bits per heavy atom. The molecule has 1 aromatic carbocycles. The maximum absolute atomic E-state index is 11.7. The van der Waals surface area contributed by atoms with Crippen molar-refractivity contribution in [1.82, 2.24) is 5.32 Å². The number of benzene rings is 1. The molecule has 0 bridgehead atoms. The Hall–Kier alpha value is -1.20. The quantitative estimate of drug-likeness (QED) is 0.757. The van der Waals surface area contributed by atoms with E-state index in [1.54, 1.807) is 18.9 Å². The van der Waals surface area contributed by atoms with Gasteiger partial charge in [0, 0.05) is 6.54 Å². The minimum absolute atomic E-state index is 0.0797. The molecule has 0 saturated carbocycles. The summed E-state index contributed by atoms with van der Waals surface area (Å²) < 4.78 is 5.26. The van der Waals surface area contributed by atoms with Crippen molar-refractivity contribution in [3.63, 3.8) is 0 Å². The Labute approximate surface area is 119 Å². The van der Waals surface area contributed by atoms with Gasteiger partial charge in [-0.3, -0.25) is 4.79 Å². The van der Waals surface area contributed by atoms with Gasteiger partial charge in [-0.25, -0.2) is 0 Å². The van der Waals surface area contributed by atoms with Crippen LogP contribution in [0.25, 0.3) is 0 Å². The monoisotopic (exact) mass is 282 g/mol. The van der Waals surface area contributed by atoms with Gasteiger partial charge in [0.1, 0.15) is 5.75 Å². The number of para-hydroxylation sites is 1. The second-order valence-corrected chi connectivity index (χ2v) is 5.23. The van der Waals surface area contributed by atoms with Crippen LogP contribution in [0.15, 0.2) is 24.3 Å². The molecular weight excluding hydrogens is 260 g/mol. The molecule has 5 heteroatoms. The molecule has 19 heavy (non-hydrogen) atoms. The Morgan fingerprint density at radius 2 is 2.21 bits per heavy atom. The van der Waals surface area contributed by atoms with Gasteiger partial charge in [-0.05, 0) is 36.5 Å². The van der Waals surface area contributed by atoms with Gasteiger partial charge in [-0.15, -0.1) is 0 Å². The fourth-order valence-electron chi connectivity index (χ4n) is 1.74. The molecule has 1 atom stereocenters. The summed E-state index contributed by atoms with van der Waals surface area (Å²) in [4.78, 5) is 11.7. The predicted molar refractivity (Wildman–Crippen MR) is 80.7 cm³/mol. The van der Waals surface area contributed by atoms with Crippen LogP contribution in [0.5, 0.6) is 5.75 Å². The van der Waals surface area contributed by atoms with Crippen LogP contribution in [0.4, 0.5) is 0 Å². The zero-order valence-electron chi connectivity index (χ0n) is 11.5. The Bertz CT molecular complexity index is 399. The molecule has 0 aliphatic rings. The molecule has 0 saturated heterocycles. The number of carbonyl (C=O) groups is 1. The fourth-order valence-corrected chi connectivity index (χ4v) is 2.23. The van der Waals surface area contributed by atoms with Crippen molar-refractivity contribution >= 4 is 17.7 Å². The number of hydrogen-bond acceptors (Lipinski definition) is 4. The average molecular weight is 282 g/mol. The van der Waals surface area contributed by atoms with E-state index in [1.807, 2.05) is 30.5 Å². The van der Waals surface area contributed by atoms with Crippen LogP contribution in [0.1, 0.15) is 12.0 Å². The summed E-state index contributed by atoms with van der Waals surface area (Å²) in [5.41, 5.74) is 6.87. The predicted octanol–water partition coefficient (Wildman–Crippen LogP) is 1.43. The van der Waals surface area contributed by atoms with Crippen molar-refractivity contribution in [2.24, 2.45) is 5.73 Å². The number of methoxy groups -OCH3 is 1. The van der Waals surface area contributed by atoms with Gasteiger partial charge in [0.05, 0.1) is 13.2 Å². The SMILES string of the molecule is COc1ccccc1CCNC(=O)[C@@H](N)CCSC. The highest BCUT2D eigenvalue weighted by atomic mass is 32.2. The van der Waals surface area contributed by atoms with Crippen molar-refractivity contribution in [1.29, 1.82) is 0 Å². The average Bonchev–Trinajstić information content (AvgIpc) is 2.45. The number of thioether (sulfide) groups is 1. The molecule has 0 unspecified atom stereocenters. The van der Waals surface area contributed by atoms with E-state index in [1.165, 1.54) is 0 Å². The first-order chi connectivity index (χ1) is 9.19. The minimum Gasteiger partial charge on any atom is -0.496 e. The van der Waals surface area contributed by atoms with E-state index in [0.717, 1.165) is 23.5 Å². The lowest BCUT2D eigenvalue weighted by Gasteiger charge is -2.12. The summed E-state index contributed by atoms with van der Waals surface area (Å²) in [6.07, 6.45) is 3.46. The van der Waals surface area contributed by atoms with E-state index in [-0.39, 0.29) is 5.91 Å². The first kappa shape index (κ1) is 15.9. The number of nitrogens with one attached hydrogen (secondary N) is 1. The first-order valence-corrected chi connectivity index (χ1v) is 7.72. The number of nitrogens with two attached hydrogens (primary N) is 1. The van der Waals surface area contributed by atoms with Gasteiger partial charge in [-0.1, -0.05) is 18.2 Å². The highest BCUT2D eigenvalue weighted by Gasteiger charge is 2.12. The summed E-state index contributed by atoms with van der Waals surface area (Å²) in [5.74, 6) is 1.67. The summed E-state index contributed by atoms with van der Waals surface area (Å²) in [7, 11) is 1.65. The van der Waals surface area contributed by atoms with Crippen molar-refractivity contribution in [2.75, 3.05) is 25.7 Å². The third-order valence-electron chi connectivity index (χ3n) is 2.86. The second-order valence-electron chi connectivity index (χ2n) is 4.24. The molecule has 0 aliphatic heterocycles. The van der Waals surface area contributed by atoms with E-state index >= 15 is 0 Å². The van der Waals surface area contributed by atoms with Crippen LogP contribution in [-0.2, 0) is 11.2 Å². The highest BCUT2D eigenvalue weighted by molar-refractivity contribution is 7.98. The third kappa shape index (κ3) is 5.53. The van der Waals surface area contributed by atoms with Crippen molar-refractivity contribution < 1.29 is 9.53 Å². The minimum atomic E-state index is -0.412. The fraction of sp³-hybridized carbons (Fsp3) is 0.500. The number of rotatable bonds is 8. The topological polar surface area (TPSA) is 64.3 Å². The molecule has 106 valence electrons. The van der Waals surface area contributed by atoms with E-state index in [4.69, 9.17) is 10.5 Å². The van der Waals surface area contributed by atoms with Crippen LogP contribution < -0.4 is 15.8 Å². The molecule has 3 N–H and O–H groups in total. The largest absolute Gasteiger partial charge is 0.496 e. The highest BCUT2D eigenvalue weighted by Crippen LogP contribution is 2.17. The lowest BCUT2D eigenvalue weighted by atomic mass is 10.1. The van der Waals surface area contributed by atoms with Gasteiger partial charge >= 0.3 is 0 Å². The second kappa shape index (κ2) is 8.82. The number of hydrogen-bond donors (Lipinski definition) is 2. The third-order valence-corrected chi connectivity index (χ3v) is 3.50. The maximum Gasteiger partial charge on any atom is 0.236 e. The summed E-state index contributed by atoms with van der Waals surface area (Å²) in [5, 5.41) is 2.86. The van der Waals surface area contributed by atoms with Gasteiger partial charge in [0.2, 0.25) is 5.91 Å². The van der Waals surface area contributed by atoms with E-state index < -0.39 is 6.04 Å². The lowest BCUT2D eigenvalue weighted by molar-refractivity contribution is -0.122. The summed E-state index contributed by atoms with van der Waals surface area (Å²) in [6, 6.07) is 7.40. The molecule has 0 fully saturated rings. The molecule has 1 amide bonds. The summed E-state index contributed by atoms with van der Waals surface area (Å²) in [6.45, 7) is 0.576. The zero-order chi connectivity index (χ0) is 14.1. The van der Waals surface area contributed by atoms with Crippen LogP contribution in [-0.4, -0.2) is 37.6 Å². The van der Waals surface area contributed by atoms with E-state index in [2.05, 4.69) is 5.32 Å².